The van der Waals surface area contributed by atoms with Crippen molar-refractivity contribution >= 4 is 35.3 Å². The van der Waals surface area contributed by atoms with Gasteiger partial charge in [0.25, 0.3) is 5.78 Å². The van der Waals surface area contributed by atoms with E-state index in [1.165, 1.54) is 11.8 Å². The third-order valence-corrected chi connectivity index (χ3v) is 4.97. The molecule has 10 nitrogen and oxygen atoms in total. The maximum Gasteiger partial charge on any atom is 0.261 e. The molecular weight excluding hydrogens is 404 g/mol. The van der Waals surface area contributed by atoms with Crippen molar-refractivity contribution < 1.29 is 9.53 Å². The fraction of sp³-hybridized carbons (Fsp3) is 0.421. The number of carbonyl (C=O) groups is 1. The lowest BCUT2D eigenvalue weighted by atomic mass is 10.1. The molecule has 0 aliphatic rings. The van der Waals surface area contributed by atoms with E-state index in [0.717, 1.165) is 11.1 Å². The molecule has 160 valence electrons. The predicted octanol–water partition coefficient (Wildman–Crippen LogP) is 1.94. The van der Waals surface area contributed by atoms with E-state index in [4.69, 9.17) is 4.74 Å². The lowest BCUT2D eigenvalue weighted by molar-refractivity contribution is -0.118. The highest BCUT2D eigenvalue weighted by Gasteiger charge is 2.15. The molecule has 3 aromatic rings. The van der Waals surface area contributed by atoms with Crippen LogP contribution in [0.2, 0.25) is 0 Å². The Morgan fingerprint density at radius 1 is 1.13 bits per heavy atom. The standard InChI is InChI=1S/C19H26N8O2S/c1-4-20-16-23-17(21-5-2)27-18(24-16)25-26-19(27)30-12-15(28)22-10-13-7-6-8-14(9-13)11-29-3/h6-9H,4-5,10-12H2,1-3H3,(H,22,28)(H2,20,21,23,24,25). The third kappa shape index (κ3) is 5.57. The zero-order valence-electron chi connectivity index (χ0n) is 17.3. The van der Waals surface area contributed by atoms with Crippen LogP contribution in [0.25, 0.3) is 5.78 Å². The number of aromatic nitrogens is 5. The highest BCUT2D eigenvalue weighted by molar-refractivity contribution is 7.99. The van der Waals surface area contributed by atoms with Crippen LogP contribution in [0.3, 0.4) is 0 Å². The SMILES string of the molecule is CCNc1nc(NCC)n2c(SCC(=O)NCc3cccc(COC)c3)nnc2n1. The molecule has 0 atom stereocenters. The van der Waals surface area contributed by atoms with Crippen molar-refractivity contribution in [2.45, 2.75) is 32.2 Å². The molecule has 0 fully saturated rings. The van der Waals surface area contributed by atoms with E-state index >= 15 is 0 Å². The van der Waals surface area contributed by atoms with Gasteiger partial charge in [0.2, 0.25) is 17.8 Å². The summed E-state index contributed by atoms with van der Waals surface area (Å²) in [4.78, 5) is 21.2. The molecule has 30 heavy (non-hydrogen) atoms. The summed E-state index contributed by atoms with van der Waals surface area (Å²) in [5, 5.41) is 18.1. The Morgan fingerprint density at radius 3 is 2.70 bits per heavy atom. The zero-order valence-corrected chi connectivity index (χ0v) is 18.1. The Kier molecular flexibility index (Phi) is 7.80. The summed E-state index contributed by atoms with van der Waals surface area (Å²) < 4.78 is 6.86. The van der Waals surface area contributed by atoms with E-state index < -0.39 is 0 Å². The van der Waals surface area contributed by atoms with Gasteiger partial charge in [-0.2, -0.15) is 9.97 Å². The van der Waals surface area contributed by atoms with Crippen LogP contribution >= 0.6 is 11.8 Å². The van der Waals surface area contributed by atoms with Crippen molar-refractivity contribution in [3.63, 3.8) is 0 Å². The summed E-state index contributed by atoms with van der Waals surface area (Å²) in [5.74, 6) is 1.61. The number of hydrogen-bond acceptors (Lipinski definition) is 9. The maximum atomic E-state index is 12.3. The van der Waals surface area contributed by atoms with E-state index in [-0.39, 0.29) is 11.7 Å². The molecule has 1 aromatic carbocycles. The largest absolute Gasteiger partial charge is 0.380 e. The molecule has 0 radical (unpaired) electrons. The van der Waals surface area contributed by atoms with Gasteiger partial charge in [-0.3, -0.25) is 4.79 Å². The van der Waals surface area contributed by atoms with Crippen molar-refractivity contribution in [3.05, 3.63) is 35.4 Å². The first-order valence-corrected chi connectivity index (χ1v) is 10.7. The van der Waals surface area contributed by atoms with Crippen LogP contribution in [0.5, 0.6) is 0 Å². The predicted molar refractivity (Wildman–Crippen MR) is 117 cm³/mol. The molecule has 0 aliphatic carbocycles. The molecular formula is C19H26N8O2S. The molecule has 11 heteroatoms. The minimum Gasteiger partial charge on any atom is -0.380 e. The normalized spacial score (nSPS) is 10.9. The summed E-state index contributed by atoms with van der Waals surface area (Å²) in [6, 6.07) is 7.94. The van der Waals surface area contributed by atoms with Gasteiger partial charge < -0.3 is 20.7 Å². The van der Waals surface area contributed by atoms with Crippen LogP contribution in [0.1, 0.15) is 25.0 Å². The molecule has 0 saturated carbocycles. The third-order valence-electron chi connectivity index (χ3n) is 4.04. The van der Waals surface area contributed by atoms with Crippen LogP contribution in [-0.4, -0.2) is 56.4 Å². The lowest BCUT2D eigenvalue weighted by Crippen LogP contribution is -2.24. The fourth-order valence-electron chi connectivity index (χ4n) is 2.78. The maximum absolute atomic E-state index is 12.3. The number of fused-ring (bicyclic) bond motifs is 1. The van der Waals surface area contributed by atoms with E-state index in [1.807, 2.05) is 38.1 Å². The van der Waals surface area contributed by atoms with Crippen molar-refractivity contribution in [3.8, 4) is 0 Å². The van der Waals surface area contributed by atoms with Crippen molar-refractivity contribution in [2.24, 2.45) is 0 Å². The molecule has 0 bridgehead atoms. The number of anilines is 2. The van der Waals surface area contributed by atoms with E-state index in [1.54, 1.807) is 11.5 Å². The average Bonchev–Trinajstić information content (AvgIpc) is 3.15. The molecule has 1 amide bonds. The molecule has 0 spiro atoms. The summed E-state index contributed by atoms with van der Waals surface area (Å²) in [7, 11) is 1.66. The number of hydrogen-bond donors (Lipinski definition) is 3. The van der Waals surface area contributed by atoms with Crippen LogP contribution in [0, 0.1) is 0 Å². The Hall–Kier alpha value is -2.92. The Balaban J connectivity index is 1.63. The smallest absolute Gasteiger partial charge is 0.261 e. The summed E-state index contributed by atoms with van der Waals surface area (Å²) in [6.45, 7) is 6.33. The number of thioether (sulfide) groups is 1. The molecule has 0 unspecified atom stereocenters. The van der Waals surface area contributed by atoms with Crippen LogP contribution in [0.4, 0.5) is 11.9 Å². The van der Waals surface area contributed by atoms with Gasteiger partial charge in [-0.15, -0.1) is 10.2 Å². The number of nitrogens with one attached hydrogen (secondary N) is 3. The highest BCUT2D eigenvalue weighted by Crippen LogP contribution is 2.20. The first-order valence-electron chi connectivity index (χ1n) is 9.71. The van der Waals surface area contributed by atoms with E-state index in [2.05, 4.69) is 36.1 Å². The number of carbonyl (C=O) groups excluding carboxylic acids is 1. The molecule has 3 rings (SSSR count). The average molecular weight is 431 g/mol. The molecule has 0 aliphatic heterocycles. The Labute approximate surface area is 179 Å². The fourth-order valence-corrected chi connectivity index (χ4v) is 3.53. The number of methoxy groups -OCH3 is 1. The van der Waals surface area contributed by atoms with Crippen LogP contribution in [0.15, 0.2) is 29.4 Å². The van der Waals surface area contributed by atoms with Crippen molar-refractivity contribution in [2.75, 3.05) is 36.6 Å². The van der Waals surface area contributed by atoms with E-state index in [9.17, 15) is 4.79 Å². The van der Waals surface area contributed by atoms with Crippen molar-refractivity contribution in [1.29, 1.82) is 0 Å². The number of nitrogens with zero attached hydrogens (tertiary/aromatic N) is 5. The van der Waals surface area contributed by atoms with Gasteiger partial charge >= 0.3 is 0 Å². The summed E-state index contributed by atoms with van der Waals surface area (Å²) in [6.07, 6.45) is 0. The molecule has 2 aromatic heterocycles. The van der Waals surface area contributed by atoms with Gasteiger partial charge in [0, 0.05) is 26.7 Å². The quantitative estimate of drug-likeness (QED) is 0.392. The van der Waals surface area contributed by atoms with Gasteiger partial charge in [0.1, 0.15) is 0 Å². The second kappa shape index (κ2) is 10.7. The number of amides is 1. The number of ether oxygens (including phenoxy) is 1. The first-order chi connectivity index (χ1) is 14.6. The van der Waals surface area contributed by atoms with Crippen LogP contribution < -0.4 is 16.0 Å². The van der Waals surface area contributed by atoms with Gasteiger partial charge in [-0.1, -0.05) is 36.0 Å². The second-order valence-electron chi connectivity index (χ2n) is 6.37. The van der Waals surface area contributed by atoms with Gasteiger partial charge in [-0.05, 0) is 25.0 Å². The topological polar surface area (TPSA) is 118 Å². The van der Waals surface area contributed by atoms with Gasteiger partial charge in [0.15, 0.2) is 5.16 Å². The zero-order chi connectivity index (χ0) is 21.3. The Bertz CT molecular complexity index is 994. The van der Waals surface area contributed by atoms with Gasteiger partial charge in [0.05, 0.1) is 12.4 Å². The lowest BCUT2D eigenvalue weighted by Gasteiger charge is -2.10. The number of rotatable bonds is 11. The molecule has 2 heterocycles. The summed E-state index contributed by atoms with van der Waals surface area (Å²) >= 11 is 1.29. The minimum atomic E-state index is -0.0934. The molecule has 0 saturated heterocycles. The second-order valence-corrected chi connectivity index (χ2v) is 7.31. The molecule has 3 N–H and O–H groups in total. The Morgan fingerprint density at radius 2 is 1.93 bits per heavy atom. The van der Waals surface area contributed by atoms with Gasteiger partial charge in [-0.25, -0.2) is 4.40 Å². The van der Waals surface area contributed by atoms with E-state index in [0.29, 0.717) is 49.1 Å². The van der Waals surface area contributed by atoms with Crippen molar-refractivity contribution in [1.82, 2.24) is 29.9 Å². The number of benzene rings is 1. The monoisotopic (exact) mass is 430 g/mol. The highest BCUT2D eigenvalue weighted by atomic mass is 32.2. The summed E-state index contributed by atoms with van der Waals surface area (Å²) in [5.41, 5.74) is 2.09. The first kappa shape index (κ1) is 21.8. The minimum absolute atomic E-state index is 0.0934. The van der Waals surface area contributed by atoms with Crippen LogP contribution in [-0.2, 0) is 22.7 Å².